The van der Waals surface area contributed by atoms with Crippen LogP contribution >= 0.6 is 23.2 Å². The Morgan fingerprint density at radius 3 is 1.77 bits per heavy atom. The average Bonchev–Trinajstić information content (AvgIpc) is 2.49. The Balaban J connectivity index is 2.27. The second-order valence-corrected chi connectivity index (χ2v) is 5.64. The summed E-state index contributed by atoms with van der Waals surface area (Å²) in [6.45, 7) is 0. The maximum absolute atomic E-state index is 12.7. The van der Waals surface area contributed by atoms with Crippen molar-refractivity contribution in [3.8, 4) is 0 Å². The van der Waals surface area contributed by atoms with Gasteiger partial charge in [-0.2, -0.15) is 26.3 Å². The molecule has 0 aliphatic rings. The Bertz CT molecular complexity index is 806. The Hall–Kier alpha value is -2.20. The lowest BCUT2D eigenvalue weighted by molar-refractivity contribution is -0.150. The largest absolute Gasteiger partial charge is 0.433 e. The zero-order chi connectivity index (χ0) is 19.7. The van der Waals surface area contributed by atoms with Crippen molar-refractivity contribution in [3.63, 3.8) is 0 Å². The predicted octanol–water partition coefficient (Wildman–Crippen LogP) is 6.07. The molecule has 0 spiro atoms. The van der Waals surface area contributed by atoms with Crippen LogP contribution in [0.5, 0.6) is 0 Å². The minimum absolute atomic E-state index is 0.0899. The molecule has 1 aromatic carbocycles. The third kappa shape index (κ3) is 5.15. The smallest absolute Gasteiger partial charge is 0.308 e. The summed E-state index contributed by atoms with van der Waals surface area (Å²) in [7, 11) is 0. The van der Waals surface area contributed by atoms with Gasteiger partial charge in [-0.25, -0.2) is 9.78 Å². The van der Waals surface area contributed by atoms with Crippen molar-refractivity contribution in [2.45, 2.75) is 12.4 Å². The van der Waals surface area contributed by atoms with Crippen molar-refractivity contribution >= 4 is 40.6 Å². The van der Waals surface area contributed by atoms with Crippen LogP contribution in [-0.4, -0.2) is 11.0 Å². The Morgan fingerprint density at radius 2 is 1.31 bits per heavy atom. The van der Waals surface area contributed by atoms with Gasteiger partial charge >= 0.3 is 18.4 Å². The van der Waals surface area contributed by atoms with Gasteiger partial charge in [-0.1, -0.05) is 23.2 Å². The number of rotatable bonds is 2. The molecular formula is C14H7Cl2F6N3O. The number of amides is 2. The van der Waals surface area contributed by atoms with Gasteiger partial charge in [0.2, 0.25) is 0 Å². The molecule has 0 saturated carbocycles. The lowest BCUT2D eigenvalue weighted by Gasteiger charge is -2.14. The summed E-state index contributed by atoms with van der Waals surface area (Å²) >= 11 is 11.4. The first kappa shape index (κ1) is 20.1. The molecule has 0 saturated heterocycles. The maximum atomic E-state index is 12.7. The SMILES string of the molecule is O=C(Nc1cc(C(F)(F)F)nc(C(F)(F)F)c1)Nc1ccc(Cl)c(Cl)c1. The summed E-state index contributed by atoms with van der Waals surface area (Å²) in [5, 5.41) is 4.36. The molecule has 1 heterocycles. The van der Waals surface area contributed by atoms with Gasteiger partial charge in [0.05, 0.1) is 10.0 Å². The van der Waals surface area contributed by atoms with Gasteiger partial charge in [0.25, 0.3) is 0 Å². The maximum Gasteiger partial charge on any atom is 0.433 e. The summed E-state index contributed by atoms with van der Waals surface area (Å²) < 4.78 is 76.3. The summed E-state index contributed by atoms with van der Waals surface area (Å²) in [4.78, 5) is 14.4. The molecule has 2 rings (SSSR count). The zero-order valence-electron chi connectivity index (χ0n) is 12.3. The molecule has 0 aliphatic heterocycles. The second-order valence-electron chi connectivity index (χ2n) is 4.83. The highest BCUT2D eigenvalue weighted by atomic mass is 35.5. The van der Waals surface area contributed by atoms with E-state index in [2.05, 4.69) is 10.3 Å². The van der Waals surface area contributed by atoms with Crippen molar-refractivity contribution in [2.75, 3.05) is 10.6 Å². The van der Waals surface area contributed by atoms with Crippen molar-refractivity contribution in [1.29, 1.82) is 0 Å². The zero-order valence-corrected chi connectivity index (χ0v) is 13.8. The normalized spacial score (nSPS) is 12.0. The van der Waals surface area contributed by atoms with E-state index in [0.717, 1.165) is 0 Å². The van der Waals surface area contributed by atoms with Gasteiger partial charge in [-0.3, -0.25) is 0 Å². The summed E-state index contributed by atoms with van der Waals surface area (Å²) in [6.07, 6.45) is -10.3. The van der Waals surface area contributed by atoms with Crippen molar-refractivity contribution < 1.29 is 31.1 Å². The summed E-state index contributed by atoms with van der Waals surface area (Å²) in [6, 6.07) is 3.40. The molecule has 0 unspecified atom stereocenters. The highest BCUT2D eigenvalue weighted by Crippen LogP contribution is 2.35. The number of anilines is 2. The third-order valence-corrected chi connectivity index (χ3v) is 3.58. The number of nitrogens with zero attached hydrogens (tertiary/aromatic N) is 1. The van der Waals surface area contributed by atoms with Crippen LogP contribution in [0.1, 0.15) is 11.4 Å². The molecule has 0 fully saturated rings. The van der Waals surface area contributed by atoms with E-state index in [0.29, 0.717) is 0 Å². The van der Waals surface area contributed by atoms with Crippen LogP contribution in [-0.2, 0) is 12.4 Å². The van der Waals surface area contributed by atoms with Gasteiger partial charge in [-0.15, -0.1) is 0 Å². The van der Waals surface area contributed by atoms with Crippen molar-refractivity contribution in [2.24, 2.45) is 0 Å². The number of carbonyl (C=O) groups excluding carboxylic acids is 1. The van der Waals surface area contributed by atoms with Crippen LogP contribution < -0.4 is 10.6 Å². The minimum Gasteiger partial charge on any atom is -0.308 e. The molecule has 2 N–H and O–H groups in total. The van der Waals surface area contributed by atoms with Crippen molar-refractivity contribution in [1.82, 2.24) is 4.98 Å². The van der Waals surface area contributed by atoms with Gasteiger partial charge in [0.15, 0.2) is 0 Å². The molecule has 2 aromatic rings. The van der Waals surface area contributed by atoms with E-state index in [9.17, 15) is 31.1 Å². The molecule has 26 heavy (non-hydrogen) atoms. The third-order valence-electron chi connectivity index (χ3n) is 2.84. The van der Waals surface area contributed by atoms with Crippen LogP contribution in [0, 0.1) is 0 Å². The van der Waals surface area contributed by atoms with Crippen LogP contribution in [0.4, 0.5) is 42.5 Å². The number of nitrogens with one attached hydrogen (secondary N) is 2. The average molecular weight is 418 g/mol. The fourth-order valence-electron chi connectivity index (χ4n) is 1.76. The molecule has 0 bridgehead atoms. The standard InChI is InChI=1S/C14H7Cl2F6N3O/c15-8-2-1-6(3-9(8)16)23-12(26)24-7-4-10(13(17,18)19)25-11(5-7)14(20,21)22/h1-5H,(H2,23,24,25,26). The molecule has 0 radical (unpaired) electrons. The van der Waals surface area contributed by atoms with E-state index < -0.39 is 35.5 Å². The number of pyridine rings is 1. The second kappa shape index (κ2) is 7.20. The molecule has 2 amide bonds. The van der Waals surface area contributed by atoms with E-state index >= 15 is 0 Å². The Labute approximate surface area is 152 Å². The topological polar surface area (TPSA) is 54.0 Å². The summed E-state index contributed by atoms with van der Waals surface area (Å²) in [5.74, 6) is 0. The lowest BCUT2D eigenvalue weighted by Crippen LogP contribution is -2.21. The van der Waals surface area contributed by atoms with Crippen LogP contribution in [0.25, 0.3) is 0 Å². The number of hydrogen-bond donors (Lipinski definition) is 2. The molecule has 0 atom stereocenters. The predicted molar refractivity (Wildman–Crippen MR) is 83.3 cm³/mol. The van der Waals surface area contributed by atoms with Gasteiger partial charge < -0.3 is 10.6 Å². The molecule has 12 heteroatoms. The fraction of sp³-hybridized carbons (Fsp3) is 0.143. The fourth-order valence-corrected chi connectivity index (χ4v) is 2.06. The Morgan fingerprint density at radius 1 is 0.808 bits per heavy atom. The van der Waals surface area contributed by atoms with Gasteiger partial charge in [0.1, 0.15) is 11.4 Å². The number of benzene rings is 1. The first-order valence-corrected chi connectivity index (χ1v) is 7.31. The molecule has 1 aromatic heterocycles. The van der Waals surface area contributed by atoms with E-state index in [1.165, 1.54) is 18.2 Å². The first-order chi connectivity index (χ1) is 11.9. The molecule has 4 nitrogen and oxygen atoms in total. The molecule has 0 aliphatic carbocycles. The quantitative estimate of drug-likeness (QED) is 0.582. The van der Waals surface area contributed by atoms with Crippen LogP contribution in [0.15, 0.2) is 30.3 Å². The highest BCUT2D eigenvalue weighted by Gasteiger charge is 2.39. The number of alkyl halides is 6. The number of aromatic nitrogens is 1. The minimum atomic E-state index is -5.13. The summed E-state index contributed by atoms with van der Waals surface area (Å²) in [5.41, 5.74) is -4.20. The van der Waals surface area contributed by atoms with E-state index in [1.807, 2.05) is 5.32 Å². The van der Waals surface area contributed by atoms with E-state index in [1.54, 1.807) is 0 Å². The highest BCUT2D eigenvalue weighted by molar-refractivity contribution is 6.42. The van der Waals surface area contributed by atoms with Crippen LogP contribution in [0.2, 0.25) is 10.0 Å². The molecule has 140 valence electrons. The number of halogens is 8. The first-order valence-electron chi connectivity index (χ1n) is 6.56. The lowest BCUT2D eigenvalue weighted by atomic mass is 10.2. The van der Waals surface area contributed by atoms with Gasteiger partial charge in [0, 0.05) is 11.4 Å². The van der Waals surface area contributed by atoms with Gasteiger partial charge in [-0.05, 0) is 30.3 Å². The molecular weight excluding hydrogens is 411 g/mol. The Kier molecular flexibility index (Phi) is 5.57. The van der Waals surface area contributed by atoms with Crippen molar-refractivity contribution in [3.05, 3.63) is 51.8 Å². The van der Waals surface area contributed by atoms with E-state index in [-0.39, 0.29) is 27.9 Å². The number of carbonyl (C=O) groups is 1. The van der Waals surface area contributed by atoms with E-state index in [4.69, 9.17) is 23.2 Å². The number of urea groups is 1. The number of hydrogen-bond acceptors (Lipinski definition) is 2. The monoisotopic (exact) mass is 417 g/mol. The van der Waals surface area contributed by atoms with Crippen LogP contribution in [0.3, 0.4) is 0 Å².